The predicted molar refractivity (Wildman–Crippen MR) is 182 cm³/mol. The first-order valence-electron chi connectivity index (χ1n) is 19.6. The van der Waals surface area contributed by atoms with E-state index in [2.05, 4.69) is 58.4 Å². The van der Waals surface area contributed by atoms with Gasteiger partial charge in [-0.2, -0.15) is 0 Å². The van der Waals surface area contributed by atoms with Gasteiger partial charge in [-0.1, -0.05) is 64.7 Å². The van der Waals surface area contributed by atoms with Crippen molar-refractivity contribution < 1.29 is 14.1 Å². The first-order valence-corrected chi connectivity index (χ1v) is 19.6. The van der Waals surface area contributed by atoms with Crippen LogP contribution in [0.3, 0.4) is 0 Å². The average Bonchev–Trinajstić information content (AvgIpc) is 3.61. The van der Waals surface area contributed by atoms with Crippen LogP contribution in [0.25, 0.3) is 0 Å². The minimum Gasteiger partial charge on any atom is -0.462 e. The maximum atomic E-state index is 13.5. The van der Waals surface area contributed by atoms with Gasteiger partial charge in [-0.25, -0.2) is 0 Å². The summed E-state index contributed by atoms with van der Waals surface area (Å²) in [6.45, 7) is 8.92. The zero-order valence-electron chi connectivity index (χ0n) is 29.2. The van der Waals surface area contributed by atoms with E-state index in [1.54, 1.807) is 0 Å². The third kappa shape index (κ3) is 8.02. The molecule has 6 aliphatic heterocycles. The van der Waals surface area contributed by atoms with E-state index in [9.17, 15) is 4.79 Å². The molecule has 6 heterocycles. The predicted octanol–water partition coefficient (Wildman–Crippen LogP) is 5.74. The Morgan fingerprint density at radius 2 is 1.56 bits per heavy atom. The van der Waals surface area contributed by atoms with Gasteiger partial charge in [-0.15, -0.1) is 0 Å². The van der Waals surface area contributed by atoms with Crippen molar-refractivity contribution in [1.82, 2.24) is 26.2 Å². The molecule has 11 atom stereocenters. The van der Waals surface area contributed by atoms with Crippen molar-refractivity contribution in [3.05, 3.63) is 0 Å². The van der Waals surface area contributed by atoms with Crippen LogP contribution in [0, 0.1) is 5.92 Å². The van der Waals surface area contributed by atoms with Gasteiger partial charge in [0.1, 0.15) is 12.2 Å². The van der Waals surface area contributed by atoms with Crippen LogP contribution in [0.4, 0.5) is 0 Å². The summed E-state index contributed by atoms with van der Waals surface area (Å²) in [5.41, 5.74) is 0. The molecule has 256 valence electrons. The van der Waals surface area contributed by atoms with Crippen molar-refractivity contribution in [3.8, 4) is 0 Å². The lowest BCUT2D eigenvalue weighted by Gasteiger charge is -2.50. The second-order valence-corrected chi connectivity index (χ2v) is 16.0. The van der Waals surface area contributed by atoms with Crippen LogP contribution in [-0.4, -0.2) is 82.1 Å². The highest BCUT2D eigenvalue weighted by Gasteiger charge is 2.53. The number of nitrogens with zero attached hydrogens (tertiary/aromatic N) is 2. The molecule has 4 fully saturated rings. The van der Waals surface area contributed by atoms with Crippen LogP contribution in [0.2, 0.25) is 0 Å². The zero-order valence-corrected chi connectivity index (χ0v) is 29.2. The number of rotatable bonds is 16. The van der Waals surface area contributed by atoms with Crippen molar-refractivity contribution in [2.75, 3.05) is 0 Å². The topological polar surface area (TPSA) is 80.7 Å². The Labute approximate surface area is 274 Å². The maximum Gasteiger partial charge on any atom is 0.346 e. The number of carbonyl (C=O) groups excluding carboxylic acids is 1. The third-order valence-corrected chi connectivity index (χ3v) is 12.4. The number of unbranched alkanes of at least 4 members (excludes halogenated alkanes) is 8. The molecule has 6 rings (SSSR count). The standard InChI is InChI=1S/C37H66N6O2/c1-5-6-7-9-13-16-29-24-32-20-21-33-34(27(4)39-37(41-29)43(32)33)35(44)45-26(3)15-12-10-8-11-14-17-28-23-31-19-18-30-22-25(2)38-36(40-28)42(30)31/h25-34,36,38,40H,5-24H2,1-4H3,(H,39,41)/p+1. The summed E-state index contributed by atoms with van der Waals surface area (Å²) in [5, 5.41) is 15.3. The van der Waals surface area contributed by atoms with Crippen LogP contribution in [0.1, 0.15) is 156 Å². The summed E-state index contributed by atoms with van der Waals surface area (Å²) >= 11 is 0. The van der Waals surface area contributed by atoms with E-state index >= 15 is 0 Å². The highest BCUT2D eigenvalue weighted by molar-refractivity contribution is 5.81. The Kier molecular flexibility index (Phi) is 11.7. The summed E-state index contributed by atoms with van der Waals surface area (Å²) in [6, 6.07) is 4.37. The molecule has 0 radical (unpaired) electrons. The lowest BCUT2D eigenvalue weighted by atomic mass is 9.89. The van der Waals surface area contributed by atoms with Crippen molar-refractivity contribution in [2.24, 2.45) is 5.92 Å². The molecule has 0 spiro atoms. The van der Waals surface area contributed by atoms with Crippen molar-refractivity contribution in [1.29, 1.82) is 0 Å². The molecular formula is C37H67N6O2+. The summed E-state index contributed by atoms with van der Waals surface area (Å²) in [6.07, 6.45) is 25.9. The Morgan fingerprint density at radius 3 is 2.36 bits per heavy atom. The fourth-order valence-corrected chi connectivity index (χ4v) is 10.2. The molecule has 0 amide bonds. The molecule has 4 N–H and O–H groups in total. The normalized spacial score (nSPS) is 37.9. The van der Waals surface area contributed by atoms with E-state index in [0.29, 0.717) is 30.5 Å². The number of hydrogen-bond donors (Lipinski definition) is 4. The minimum absolute atomic E-state index is 0.00106. The van der Waals surface area contributed by atoms with Gasteiger partial charge < -0.3 is 4.74 Å². The molecule has 8 nitrogen and oxygen atoms in total. The van der Waals surface area contributed by atoms with Gasteiger partial charge in [0.2, 0.25) is 0 Å². The molecule has 0 aromatic rings. The average molecular weight is 628 g/mol. The van der Waals surface area contributed by atoms with Gasteiger partial charge in [0, 0.05) is 30.6 Å². The third-order valence-electron chi connectivity index (χ3n) is 12.4. The van der Waals surface area contributed by atoms with Gasteiger partial charge in [0.15, 0.2) is 0 Å². The molecule has 11 unspecified atom stereocenters. The van der Waals surface area contributed by atoms with E-state index in [4.69, 9.17) is 4.74 Å². The summed E-state index contributed by atoms with van der Waals surface area (Å²) in [7, 11) is 0. The van der Waals surface area contributed by atoms with Crippen LogP contribution in [0.5, 0.6) is 0 Å². The molecule has 0 aromatic heterocycles. The lowest BCUT2D eigenvalue weighted by molar-refractivity contribution is -0.598. The molecule has 45 heavy (non-hydrogen) atoms. The minimum atomic E-state index is -0.0868. The monoisotopic (exact) mass is 628 g/mol. The zero-order chi connectivity index (χ0) is 31.3. The van der Waals surface area contributed by atoms with Crippen LogP contribution in [0.15, 0.2) is 0 Å². The number of esters is 1. The maximum absolute atomic E-state index is 13.5. The van der Waals surface area contributed by atoms with E-state index in [1.165, 1.54) is 115 Å². The quantitative estimate of drug-likeness (QED) is 0.0988. The Balaban J connectivity index is 0.863. The van der Waals surface area contributed by atoms with Gasteiger partial charge in [-0.05, 0) is 85.0 Å². The summed E-state index contributed by atoms with van der Waals surface area (Å²) in [4.78, 5) is 16.3. The second kappa shape index (κ2) is 15.7. The molecule has 0 bridgehead atoms. The number of hydrogen-bond acceptors (Lipinski definition) is 7. The SMILES string of the molecule is CCCCCCCC1CC2CCC3C(C(=O)OC(C)CCCCCCCC4CC5CCC6CC(C)NC(N4)N65)C(C)NC(=[N+]23)N1. The highest BCUT2D eigenvalue weighted by Crippen LogP contribution is 2.37. The second-order valence-electron chi connectivity index (χ2n) is 16.0. The molecule has 0 aliphatic carbocycles. The van der Waals surface area contributed by atoms with Crippen LogP contribution in [-0.2, 0) is 9.53 Å². The van der Waals surface area contributed by atoms with Gasteiger partial charge in [0.05, 0.1) is 30.3 Å². The molecular weight excluding hydrogens is 560 g/mol. The lowest BCUT2D eigenvalue weighted by Crippen LogP contribution is -2.70. The number of guanidine groups is 1. The Bertz CT molecular complexity index is 1010. The van der Waals surface area contributed by atoms with Crippen LogP contribution >= 0.6 is 0 Å². The van der Waals surface area contributed by atoms with Gasteiger partial charge in [0.25, 0.3) is 0 Å². The van der Waals surface area contributed by atoms with E-state index < -0.39 is 0 Å². The first kappa shape index (κ1) is 33.5. The Hall–Kier alpha value is -1.38. The summed E-state index contributed by atoms with van der Waals surface area (Å²) in [5.74, 6) is 1.11. The summed E-state index contributed by atoms with van der Waals surface area (Å²) < 4.78 is 8.65. The van der Waals surface area contributed by atoms with E-state index in [-0.39, 0.29) is 30.1 Å². The number of carbonyl (C=O) groups is 1. The fourth-order valence-electron chi connectivity index (χ4n) is 10.2. The number of ether oxygens (including phenoxy) is 1. The van der Waals surface area contributed by atoms with E-state index in [1.807, 2.05) is 0 Å². The van der Waals surface area contributed by atoms with Crippen molar-refractivity contribution in [2.45, 2.75) is 217 Å². The first-order chi connectivity index (χ1) is 21.9. The molecule has 0 saturated carbocycles. The van der Waals surface area contributed by atoms with Crippen molar-refractivity contribution in [3.63, 3.8) is 0 Å². The smallest absolute Gasteiger partial charge is 0.346 e. The van der Waals surface area contributed by atoms with Gasteiger partial charge >= 0.3 is 11.9 Å². The Morgan fingerprint density at radius 1 is 0.844 bits per heavy atom. The molecule has 8 heteroatoms. The fraction of sp³-hybridized carbons (Fsp3) is 0.946. The van der Waals surface area contributed by atoms with Crippen molar-refractivity contribution >= 4 is 11.9 Å². The highest BCUT2D eigenvalue weighted by atomic mass is 16.5. The molecule has 4 saturated heterocycles. The molecule has 6 aliphatic rings. The van der Waals surface area contributed by atoms with Crippen LogP contribution < -0.4 is 21.3 Å². The van der Waals surface area contributed by atoms with E-state index in [0.717, 1.165) is 31.3 Å². The largest absolute Gasteiger partial charge is 0.462 e. The van der Waals surface area contributed by atoms with Gasteiger partial charge in [-0.3, -0.25) is 35.5 Å². The molecule has 0 aromatic carbocycles. The number of nitrogens with one attached hydrogen (secondary N) is 4.